The van der Waals surface area contributed by atoms with Crippen LogP contribution in [0.2, 0.25) is 10.0 Å². The predicted octanol–water partition coefficient (Wildman–Crippen LogP) is 2.41. The fraction of sp³-hybridized carbons (Fsp3) is 0.333. The van der Waals surface area contributed by atoms with Crippen molar-refractivity contribution in [3.05, 3.63) is 40.1 Å². The molecular weight excluding hydrogens is 341 g/mol. The van der Waals surface area contributed by atoms with E-state index in [1.807, 2.05) is 0 Å². The number of halogens is 2. The molecule has 1 aliphatic rings. The van der Waals surface area contributed by atoms with Crippen LogP contribution in [0.3, 0.4) is 0 Å². The molecule has 1 amide bonds. The van der Waals surface area contributed by atoms with Crippen LogP contribution < -0.4 is 4.90 Å². The van der Waals surface area contributed by atoms with Crippen molar-refractivity contribution in [2.75, 3.05) is 18.1 Å². The second kappa shape index (κ2) is 6.39. The first-order chi connectivity index (χ1) is 11.0. The van der Waals surface area contributed by atoms with Crippen molar-refractivity contribution >= 4 is 34.8 Å². The number of rotatable bonds is 4. The summed E-state index contributed by atoms with van der Waals surface area (Å²) in [5.41, 5.74) is 1.15. The standard InChI is InChI=1S/C15H15Cl2N3O3/c16-11-1-2-12(22)14(15(11)17)9-5-13(23)20(7-9)10-6-18-19(8-10)3-4-21/h1-2,6,8-9,21-22H,3-5,7H2. The number of phenols is 1. The predicted molar refractivity (Wildman–Crippen MR) is 87.2 cm³/mol. The van der Waals surface area contributed by atoms with Crippen LogP contribution in [0.4, 0.5) is 5.69 Å². The first-order valence-electron chi connectivity index (χ1n) is 7.11. The van der Waals surface area contributed by atoms with Crippen molar-refractivity contribution in [2.24, 2.45) is 0 Å². The quantitative estimate of drug-likeness (QED) is 0.882. The van der Waals surface area contributed by atoms with Crippen molar-refractivity contribution in [1.29, 1.82) is 0 Å². The van der Waals surface area contributed by atoms with Gasteiger partial charge in [0, 0.05) is 30.6 Å². The van der Waals surface area contributed by atoms with Crippen molar-refractivity contribution in [3.63, 3.8) is 0 Å². The molecule has 1 atom stereocenters. The summed E-state index contributed by atoms with van der Waals surface area (Å²) in [6.45, 7) is 0.729. The van der Waals surface area contributed by atoms with Crippen LogP contribution in [-0.2, 0) is 11.3 Å². The van der Waals surface area contributed by atoms with Crippen LogP contribution in [-0.4, -0.2) is 39.1 Å². The largest absolute Gasteiger partial charge is 0.508 e. The molecule has 1 unspecified atom stereocenters. The van der Waals surface area contributed by atoms with Crippen molar-refractivity contribution in [1.82, 2.24) is 9.78 Å². The monoisotopic (exact) mass is 355 g/mol. The van der Waals surface area contributed by atoms with E-state index in [0.717, 1.165) is 0 Å². The van der Waals surface area contributed by atoms with E-state index in [1.54, 1.807) is 22.0 Å². The number of hydrogen-bond acceptors (Lipinski definition) is 4. The maximum absolute atomic E-state index is 12.3. The lowest BCUT2D eigenvalue weighted by atomic mass is 9.97. The van der Waals surface area contributed by atoms with Gasteiger partial charge in [0.25, 0.3) is 0 Å². The van der Waals surface area contributed by atoms with Crippen LogP contribution >= 0.6 is 23.2 Å². The third kappa shape index (κ3) is 3.02. The van der Waals surface area contributed by atoms with Crippen molar-refractivity contribution in [2.45, 2.75) is 18.9 Å². The number of aliphatic hydroxyl groups is 1. The van der Waals surface area contributed by atoms with Gasteiger partial charge in [-0.2, -0.15) is 5.10 Å². The van der Waals surface area contributed by atoms with Crippen LogP contribution in [0.5, 0.6) is 5.75 Å². The minimum Gasteiger partial charge on any atom is -0.508 e. The molecule has 1 aromatic carbocycles. The van der Waals surface area contributed by atoms with Gasteiger partial charge in [-0.25, -0.2) is 0 Å². The Morgan fingerprint density at radius 1 is 1.35 bits per heavy atom. The van der Waals surface area contributed by atoms with Gasteiger partial charge in [-0.1, -0.05) is 23.2 Å². The highest BCUT2D eigenvalue weighted by molar-refractivity contribution is 6.42. The van der Waals surface area contributed by atoms with Gasteiger partial charge in [0.05, 0.1) is 35.1 Å². The fourth-order valence-electron chi connectivity index (χ4n) is 2.81. The topological polar surface area (TPSA) is 78.6 Å². The van der Waals surface area contributed by atoms with Crippen LogP contribution in [0.1, 0.15) is 17.9 Å². The van der Waals surface area contributed by atoms with Crippen molar-refractivity contribution in [3.8, 4) is 5.75 Å². The van der Waals surface area contributed by atoms with E-state index in [-0.39, 0.29) is 35.6 Å². The van der Waals surface area contributed by atoms with Gasteiger partial charge in [-0.3, -0.25) is 9.48 Å². The van der Waals surface area contributed by atoms with E-state index in [0.29, 0.717) is 29.4 Å². The third-order valence-corrected chi connectivity index (χ3v) is 4.72. The number of carbonyl (C=O) groups excluding carboxylic acids is 1. The van der Waals surface area contributed by atoms with Gasteiger partial charge in [-0.15, -0.1) is 0 Å². The van der Waals surface area contributed by atoms with Crippen LogP contribution in [0, 0.1) is 0 Å². The smallest absolute Gasteiger partial charge is 0.227 e. The SMILES string of the molecule is O=C1CC(c2c(O)ccc(Cl)c2Cl)CN1c1cnn(CCO)c1. The Labute approximate surface area is 142 Å². The van der Waals surface area contributed by atoms with Crippen molar-refractivity contribution < 1.29 is 15.0 Å². The summed E-state index contributed by atoms with van der Waals surface area (Å²) >= 11 is 12.2. The number of amides is 1. The number of carbonyl (C=O) groups is 1. The summed E-state index contributed by atoms with van der Waals surface area (Å²) in [7, 11) is 0. The Hall–Kier alpha value is -1.76. The summed E-state index contributed by atoms with van der Waals surface area (Å²) in [5.74, 6) is -0.279. The Bertz CT molecular complexity index is 748. The first kappa shape index (κ1) is 16.1. The zero-order valence-electron chi connectivity index (χ0n) is 12.1. The number of aromatic nitrogens is 2. The molecule has 1 aromatic heterocycles. The van der Waals surface area contributed by atoms with E-state index in [2.05, 4.69) is 5.10 Å². The normalized spacial score (nSPS) is 18.0. The summed E-state index contributed by atoms with van der Waals surface area (Å²) in [5, 5.41) is 23.7. The minimum atomic E-state index is -0.241. The molecule has 3 rings (SSSR count). The lowest BCUT2D eigenvalue weighted by molar-refractivity contribution is -0.117. The second-order valence-electron chi connectivity index (χ2n) is 5.38. The molecule has 0 saturated carbocycles. The molecule has 1 saturated heterocycles. The first-order valence-corrected chi connectivity index (χ1v) is 7.87. The lowest BCUT2D eigenvalue weighted by Crippen LogP contribution is -2.23. The van der Waals surface area contributed by atoms with Gasteiger partial charge >= 0.3 is 0 Å². The maximum Gasteiger partial charge on any atom is 0.227 e. The molecule has 0 aliphatic carbocycles. The summed E-state index contributed by atoms with van der Waals surface area (Å²) in [4.78, 5) is 13.9. The van der Waals surface area contributed by atoms with Gasteiger partial charge in [0.2, 0.25) is 5.91 Å². The average Bonchev–Trinajstić information content (AvgIpc) is 3.11. The second-order valence-corrected chi connectivity index (χ2v) is 6.17. The van der Waals surface area contributed by atoms with Gasteiger partial charge in [0.15, 0.2) is 0 Å². The number of hydrogen-bond donors (Lipinski definition) is 2. The van der Waals surface area contributed by atoms with E-state index in [1.165, 1.54) is 12.1 Å². The van der Waals surface area contributed by atoms with E-state index < -0.39 is 0 Å². The van der Waals surface area contributed by atoms with Crippen LogP contribution in [0.15, 0.2) is 24.5 Å². The van der Waals surface area contributed by atoms with Crippen LogP contribution in [0.25, 0.3) is 0 Å². The molecule has 6 nitrogen and oxygen atoms in total. The highest BCUT2D eigenvalue weighted by atomic mass is 35.5. The lowest BCUT2D eigenvalue weighted by Gasteiger charge is -2.16. The zero-order chi connectivity index (χ0) is 16.6. The molecule has 0 radical (unpaired) electrons. The molecule has 0 spiro atoms. The Kier molecular flexibility index (Phi) is 4.48. The van der Waals surface area contributed by atoms with E-state index in [9.17, 15) is 9.90 Å². The summed E-state index contributed by atoms with van der Waals surface area (Å²) < 4.78 is 1.57. The molecule has 2 heterocycles. The summed E-state index contributed by atoms with van der Waals surface area (Å²) in [6, 6.07) is 3.01. The molecule has 1 fully saturated rings. The van der Waals surface area contributed by atoms with Gasteiger partial charge < -0.3 is 15.1 Å². The number of nitrogens with zero attached hydrogens (tertiary/aromatic N) is 3. The zero-order valence-corrected chi connectivity index (χ0v) is 13.6. The molecule has 2 aromatic rings. The molecule has 122 valence electrons. The Morgan fingerprint density at radius 2 is 2.13 bits per heavy atom. The number of phenolic OH excluding ortho intramolecular Hbond substituents is 1. The highest BCUT2D eigenvalue weighted by Crippen LogP contribution is 2.42. The molecule has 2 N–H and O–H groups in total. The molecule has 1 aliphatic heterocycles. The van der Waals surface area contributed by atoms with Gasteiger partial charge in [0.1, 0.15) is 5.75 Å². The number of anilines is 1. The maximum atomic E-state index is 12.3. The van der Waals surface area contributed by atoms with Gasteiger partial charge in [-0.05, 0) is 12.1 Å². The Balaban J connectivity index is 1.86. The minimum absolute atomic E-state index is 0.0241. The average molecular weight is 356 g/mol. The number of benzene rings is 1. The van der Waals surface area contributed by atoms with E-state index >= 15 is 0 Å². The Morgan fingerprint density at radius 3 is 2.87 bits per heavy atom. The highest BCUT2D eigenvalue weighted by Gasteiger charge is 2.35. The third-order valence-electron chi connectivity index (χ3n) is 3.90. The number of aliphatic hydroxyl groups excluding tert-OH is 1. The molecular formula is C15H15Cl2N3O3. The molecule has 0 bridgehead atoms. The molecule has 8 heteroatoms. The summed E-state index contributed by atoms with van der Waals surface area (Å²) in [6.07, 6.45) is 3.52. The number of aromatic hydroxyl groups is 1. The van der Waals surface area contributed by atoms with E-state index in [4.69, 9.17) is 28.3 Å². The fourth-order valence-corrected chi connectivity index (χ4v) is 3.29. The molecule has 23 heavy (non-hydrogen) atoms.